The predicted octanol–water partition coefficient (Wildman–Crippen LogP) is 2.43. The van der Waals surface area contributed by atoms with E-state index in [-0.39, 0.29) is 5.56 Å². The molecule has 23 heavy (non-hydrogen) atoms. The number of aromatic nitrogens is 3. The molecule has 0 saturated carbocycles. The zero-order chi connectivity index (χ0) is 16.4. The maximum atomic E-state index is 11.9. The van der Waals surface area contributed by atoms with Crippen molar-refractivity contribution in [3.8, 4) is 0 Å². The van der Waals surface area contributed by atoms with Gasteiger partial charge in [-0.25, -0.2) is 4.68 Å². The maximum Gasteiger partial charge on any atom is 0.271 e. The third-order valence-corrected chi connectivity index (χ3v) is 3.97. The molecule has 0 amide bonds. The fourth-order valence-electron chi connectivity index (χ4n) is 2.60. The highest BCUT2D eigenvalue weighted by Crippen LogP contribution is 2.23. The summed E-state index contributed by atoms with van der Waals surface area (Å²) in [6, 6.07) is 8.21. The van der Waals surface area contributed by atoms with Gasteiger partial charge in [0.1, 0.15) is 0 Å². The smallest absolute Gasteiger partial charge is 0.271 e. The number of fused-ring (bicyclic) bond motifs is 1. The molecule has 0 atom stereocenters. The Hall–Kier alpha value is -2.60. The summed E-state index contributed by atoms with van der Waals surface area (Å²) < 4.78 is 8.62. The van der Waals surface area contributed by atoms with E-state index in [1.165, 1.54) is 4.68 Å². The van der Waals surface area contributed by atoms with Crippen molar-refractivity contribution >= 4 is 22.3 Å². The quantitative estimate of drug-likeness (QED) is 0.786. The van der Waals surface area contributed by atoms with Crippen molar-refractivity contribution in [2.75, 3.05) is 19.0 Å². The van der Waals surface area contributed by atoms with Gasteiger partial charge in [-0.3, -0.25) is 4.79 Å². The van der Waals surface area contributed by atoms with Crippen LogP contribution in [0.2, 0.25) is 0 Å². The lowest BCUT2D eigenvalue weighted by Gasteiger charge is -2.10. The Morgan fingerprint density at radius 3 is 2.91 bits per heavy atom. The van der Waals surface area contributed by atoms with Crippen LogP contribution in [-0.4, -0.2) is 28.1 Å². The Morgan fingerprint density at radius 2 is 2.13 bits per heavy atom. The monoisotopic (exact) mass is 312 g/mol. The van der Waals surface area contributed by atoms with E-state index in [0.29, 0.717) is 12.2 Å². The number of anilines is 2. The second-order valence-electron chi connectivity index (χ2n) is 5.51. The molecule has 0 spiro atoms. The molecule has 0 aliphatic carbocycles. The molecule has 3 aromatic rings. The molecule has 0 bridgehead atoms. The number of hydrogen-bond donors (Lipinski definition) is 1. The highest BCUT2D eigenvalue weighted by atomic mass is 16.5. The summed E-state index contributed by atoms with van der Waals surface area (Å²) in [5.74, 6) is 0. The molecule has 0 saturated heterocycles. The van der Waals surface area contributed by atoms with Gasteiger partial charge < -0.3 is 14.6 Å². The molecule has 0 fully saturated rings. The van der Waals surface area contributed by atoms with E-state index in [1.807, 2.05) is 6.07 Å². The van der Waals surface area contributed by atoms with Gasteiger partial charge in [0.15, 0.2) is 0 Å². The highest BCUT2D eigenvalue weighted by molar-refractivity contribution is 5.84. The lowest BCUT2D eigenvalue weighted by atomic mass is 10.2. The number of methoxy groups -OCH3 is 1. The van der Waals surface area contributed by atoms with Crippen molar-refractivity contribution in [2.45, 2.75) is 13.5 Å². The van der Waals surface area contributed by atoms with Crippen LogP contribution in [0.25, 0.3) is 10.9 Å². The molecule has 120 valence electrons. The Balaban J connectivity index is 1.90. The first-order valence-corrected chi connectivity index (χ1v) is 7.48. The summed E-state index contributed by atoms with van der Waals surface area (Å²) in [5, 5.41) is 8.47. The first kappa shape index (κ1) is 15.3. The Morgan fingerprint density at radius 1 is 1.30 bits per heavy atom. The van der Waals surface area contributed by atoms with Crippen LogP contribution < -0.4 is 10.9 Å². The summed E-state index contributed by atoms with van der Waals surface area (Å²) in [7, 11) is 3.35. The van der Waals surface area contributed by atoms with Crippen molar-refractivity contribution in [1.82, 2.24) is 14.3 Å². The number of hydrogen-bond acceptors (Lipinski definition) is 4. The molecule has 0 radical (unpaired) electrons. The van der Waals surface area contributed by atoms with Crippen LogP contribution in [0.1, 0.15) is 5.56 Å². The largest absolute Gasteiger partial charge is 0.383 e. The number of nitrogens with zero attached hydrogens (tertiary/aromatic N) is 3. The van der Waals surface area contributed by atoms with Crippen LogP contribution in [0.3, 0.4) is 0 Å². The molecular weight excluding hydrogens is 292 g/mol. The number of nitrogens with one attached hydrogen (secondary N) is 1. The summed E-state index contributed by atoms with van der Waals surface area (Å²) >= 11 is 0. The number of ether oxygens (including phenoxy) is 1. The third-order valence-electron chi connectivity index (χ3n) is 3.97. The predicted molar refractivity (Wildman–Crippen MR) is 91.3 cm³/mol. The van der Waals surface area contributed by atoms with Crippen LogP contribution in [0.15, 0.2) is 41.5 Å². The number of aryl methyl sites for hydroxylation is 1. The van der Waals surface area contributed by atoms with E-state index in [9.17, 15) is 4.79 Å². The summed E-state index contributed by atoms with van der Waals surface area (Å²) in [4.78, 5) is 11.9. The number of rotatable bonds is 5. The van der Waals surface area contributed by atoms with Crippen LogP contribution in [0, 0.1) is 6.92 Å². The van der Waals surface area contributed by atoms with Gasteiger partial charge in [-0.1, -0.05) is 0 Å². The lowest BCUT2D eigenvalue weighted by molar-refractivity contribution is 0.188. The lowest BCUT2D eigenvalue weighted by Crippen LogP contribution is -2.22. The normalized spacial score (nSPS) is 11.1. The maximum absolute atomic E-state index is 11.9. The molecular formula is C17H20N4O2. The van der Waals surface area contributed by atoms with E-state index in [0.717, 1.165) is 28.8 Å². The van der Waals surface area contributed by atoms with Crippen molar-refractivity contribution in [3.63, 3.8) is 0 Å². The van der Waals surface area contributed by atoms with Crippen LogP contribution in [0.4, 0.5) is 11.4 Å². The van der Waals surface area contributed by atoms with Crippen molar-refractivity contribution < 1.29 is 4.74 Å². The molecule has 1 aromatic carbocycles. The summed E-state index contributed by atoms with van der Waals surface area (Å²) in [5.41, 5.74) is 3.37. The Bertz CT molecular complexity index is 895. The van der Waals surface area contributed by atoms with Crippen molar-refractivity contribution in [2.24, 2.45) is 7.05 Å². The minimum absolute atomic E-state index is 0.0956. The van der Waals surface area contributed by atoms with Gasteiger partial charge in [-0.2, -0.15) is 5.10 Å². The fourth-order valence-corrected chi connectivity index (χ4v) is 2.60. The molecule has 6 nitrogen and oxygen atoms in total. The minimum Gasteiger partial charge on any atom is -0.383 e. The van der Waals surface area contributed by atoms with E-state index < -0.39 is 0 Å². The van der Waals surface area contributed by atoms with E-state index >= 15 is 0 Å². The molecule has 6 heteroatoms. The van der Waals surface area contributed by atoms with Gasteiger partial charge in [0.2, 0.25) is 0 Å². The molecule has 0 unspecified atom stereocenters. The fraction of sp³-hybridized carbons (Fsp3) is 0.294. The molecule has 2 aromatic heterocycles. The molecule has 2 heterocycles. The minimum atomic E-state index is -0.0956. The summed E-state index contributed by atoms with van der Waals surface area (Å²) in [6.45, 7) is 3.30. The first-order chi connectivity index (χ1) is 11.1. The molecule has 1 N–H and O–H groups in total. The van der Waals surface area contributed by atoms with Gasteiger partial charge >= 0.3 is 0 Å². The first-order valence-electron chi connectivity index (χ1n) is 7.48. The van der Waals surface area contributed by atoms with Crippen LogP contribution in [0.5, 0.6) is 0 Å². The van der Waals surface area contributed by atoms with E-state index in [1.54, 1.807) is 27.3 Å². The highest BCUT2D eigenvalue weighted by Gasteiger charge is 2.07. The second kappa shape index (κ2) is 6.26. The van der Waals surface area contributed by atoms with Gasteiger partial charge in [0.25, 0.3) is 5.56 Å². The van der Waals surface area contributed by atoms with E-state index in [4.69, 9.17) is 4.74 Å². The van der Waals surface area contributed by atoms with Gasteiger partial charge in [0, 0.05) is 49.1 Å². The average molecular weight is 312 g/mol. The average Bonchev–Trinajstić information content (AvgIpc) is 2.96. The number of benzene rings is 1. The van der Waals surface area contributed by atoms with Gasteiger partial charge in [0.05, 0.1) is 18.5 Å². The van der Waals surface area contributed by atoms with Crippen molar-refractivity contribution in [1.29, 1.82) is 0 Å². The standard InChI is InChI=1S/C17H20N4O2/c1-12-15(11-18-20(2)17(12)22)19-14-4-5-16-13(10-14)6-7-21(16)8-9-23-3/h4-7,10-11,19H,8-9H2,1-3H3. The Labute approximate surface area is 134 Å². The third kappa shape index (κ3) is 2.98. The topological polar surface area (TPSA) is 61.1 Å². The zero-order valence-corrected chi connectivity index (χ0v) is 13.5. The zero-order valence-electron chi connectivity index (χ0n) is 13.5. The van der Waals surface area contributed by atoms with Crippen LogP contribution >= 0.6 is 0 Å². The molecule has 3 rings (SSSR count). The summed E-state index contributed by atoms with van der Waals surface area (Å²) in [6.07, 6.45) is 3.73. The van der Waals surface area contributed by atoms with Gasteiger partial charge in [-0.05, 0) is 31.2 Å². The molecule has 0 aliphatic heterocycles. The van der Waals surface area contributed by atoms with Crippen molar-refractivity contribution in [3.05, 3.63) is 52.6 Å². The van der Waals surface area contributed by atoms with Crippen LogP contribution in [-0.2, 0) is 18.3 Å². The van der Waals surface area contributed by atoms with E-state index in [2.05, 4.69) is 39.4 Å². The SMILES string of the molecule is COCCn1ccc2cc(Nc3cnn(C)c(=O)c3C)ccc21. The Kier molecular flexibility index (Phi) is 4.16. The second-order valence-corrected chi connectivity index (χ2v) is 5.51. The van der Waals surface area contributed by atoms with Gasteiger partial charge in [-0.15, -0.1) is 0 Å². The molecule has 0 aliphatic rings.